The van der Waals surface area contributed by atoms with Crippen LogP contribution in [0.3, 0.4) is 0 Å². The molecule has 1 rings (SSSR count). The van der Waals surface area contributed by atoms with Gasteiger partial charge in [-0.3, -0.25) is 0 Å². The molecule has 1 heteroatoms. The Morgan fingerprint density at radius 1 is 1.23 bits per heavy atom. The van der Waals surface area contributed by atoms with Crippen molar-refractivity contribution < 1.29 is 0 Å². The first-order valence-electron chi connectivity index (χ1n) is 5.73. The molecule has 0 saturated heterocycles. The second-order valence-corrected chi connectivity index (χ2v) is 4.13. The van der Waals surface area contributed by atoms with Crippen molar-refractivity contribution in [3.8, 4) is 0 Å². The summed E-state index contributed by atoms with van der Waals surface area (Å²) in [6.45, 7) is 8.13. The molecule has 2 unspecified atom stereocenters. The van der Waals surface area contributed by atoms with E-state index < -0.39 is 0 Å². The third kappa shape index (κ3) is 2.75. The molecule has 2 atom stereocenters. The van der Waals surface area contributed by atoms with Crippen LogP contribution < -0.4 is 0 Å². The van der Waals surface area contributed by atoms with Gasteiger partial charge in [-0.05, 0) is 31.9 Å². The van der Waals surface area contributed by atoms with Gasteiger partial charge >= 0.3 is 0 Å². The highest BCUT2D eigenvalue weighted by atomic mass is 15.1. The van der Waals surface area contributed by atoms with Crippen molar-refractivity contribution >= 4 is 0 Å². The van der Waals surface area contributed by atoms with Gasteiger partial charge in [0.1, 0.15) is 0 Å². The summed E-state index contributed by atoms with van der Waals surface area (Å²) in [7, 11) is 0. The van der Waals surface area contributed by atoms with E-state index in [0.29, 0.717) is 0 Å². The predicted octanol–water partition coefficient (Wildman–Crippen LogP) is 3.42. The van der Waals surface area contributed by atoms with Crippen LogP contribution in [0.1, 0.15) is 46.5 Å². The van der Waals surface area contributed by atoms with E-state index in [1.54, 1.807) is 0 Å². The molecule has 0 fully saturated rings. The van der Waals surface area contributed by atoms with Gasteiger partial charge < -0.3 is 4.90 Å². The minimum atomic E-state index is 0.742. The third-order valence-corrected chi connectivity index (χ3v) is 3.06. The minimum absolute atomic E-state index is 0.742. The Labute approximate surface area is 82.8 Å². The second kappa shape index (κ2) is 5.31. The molecular formula is C12H23N. The molecule has 0 aromatic heterocycles. The highest BCUT2D eigenvalue weighted by molar-refractivity contribution is 5.02. The first kappa shape index (κ1) is 10.6. The van der Waals surface area contributed by atoms with Crippen LogP contribution in [0.5, 0.6) is 0 Å². The monoisotopic (exact) mass is 181 g/mol. The molecule has 0 radical (unpaired) electrons. The molecule has 13 heavy (non-hydrogen) atoms. The average molecular weight is 181 g/mol. The van der Waals surface area contributed by atoms with Crippen molar-refractivity contribution in [1.82, 2.24) is 4.90 Å². The lowest BCUT2D eigenvalue weighted by Crippen LogP contribution is -2.29. The van der Waals surface area contributed by atoms with Gasteiger partial charge in [0.15, 0.2) is 0 Å². The fraction of sp³-hybridized carbons (Fsp3) is 0.833. The zero-order valence-electron chi connectivity index (χ0n) is 9.29. The maximum Gasteiger partial charge on any atom is 0.0319 e. The summed E-state index contributed by atoms with van der Waals surface area (Å²) in [5, 5.41) is 0. The summed E-state index contributed by atoms with van der Waals surface area (Å²) in [5.41, 5.74) is 0. The molecule has 76 valence electrons. The zero-order valence-corrected chi connectivity index (χ0v) is 9.29. The Morgan fingerprint density at radius 3 is 2.62 bits per heavy atom. The van der Waals surface area contributed by atoms with E-state index in [1.165, 1.54) is 32.2 Å². The molecule has 0 amide bonds. The maximum absolute atomic E-state index is 2.50. The Morgan fingerprint density at radius 2 is 2.00 bits per heavy atom. The lowest BCUT2D eigenvalue weighted by atomic mass is 9.98. The molecule has 0 N–H and O–H groups in total. The van der Waals surface area contributed by atoms with Crippen LogP contribution >= 0.6 is 0 Å². The van der Waals surface area contributed by atoms with E-state index >= 15 is 0 Å². The van der Waals surface area contributed by atoms with Gasteiger partial charge in [-0.15, -0.1) is 0 Å². The Kier molecular flexibility index (Phi) is 4.34. The van der Waals surface area contributed by atoms with Crippen LogP contribution in [0.25, 0.3) is 0 Å². The molecule has 1 nitrogen and oxygen atoms in total. The van der Waals surface area contributed by atoms with E-state index in [9.17, 15) is 0 Å². The first-order chi connectivity index (χ1) is 6.29. The van der Waals surface area contributed by atoms with Crippen LogP contribution in [0.4, 0.5) is 0 Å². The van der Waals surface area contributed by atoms with E-state index in [4.69, 9.17) is 0 Å². The van der Waals surface area contributed by atoms with E-state index in [0.717, 1.165) is 12.0 Å². The minimum Gasteiger partial charge on any atom is -0.374 e. The molecule has 1 aliphatic heterocycles. The molecule has 0 aromatic rings. The van der Waals surface area contributed by atoms with Crippen molar-refractivity contribution in [2.24, 2.45) is 5.92 Å². The van der Waals surface area contributed by atoms with Crippen LogP contribution in [0.15, 0.2) is 12.3 Å². The van der Waals surface area contributed by atoms with Gasteiger partial charge in [0.2, 0.25) is 0 Å². The molecule has 1 aliphatic rings. The Balaban J connectivity index is 2.32. The SMILES string of the molecule is CCCCN1C=CC(CCC)C1C. The van der Waals surface area contributed by atoms with Crippen molar-refractivity contribution in [2.75, 3.05) is 6.54 Å². The third-order valence-electron chi connectivity index (χ3n) is 3.06. The Bertz CT molecular complexity index is 163. The topological polar surface area (TPSA) is 3.24 Å². The normalized spacial score (nSPS) is 27.2. The van der Waals surface area contributed by atoms with Crippen LogP contribution in [0, 0.1) is 5.92 Å². The highest BCUT2D eigenvalue weighted by Crippen LogP contribution is 2.25. The number of rotatable bonds is 5. The number of hydrogen-bond donors (Lipinski definition) is 0. The summed E-state index contributed by atoms with van der Waals surface area (Å²) < 4.78 is 0. The first-order valence-corrected chi connectivity index (χ1v) is 5.73. The van der Waals surface area contributed by atoms with E-state index in [-0.39, 0.29) is 0 Å². The molecule has 1 heterocycles. The molecule has 0 bridgehead atoms. The van der Waals surface area contributed by atoms with E-state index in [1.807, 2.05) is 0 Å². The highest BCUT2D eigenvalue weighted by Gasteiger charge is 2.23. The number of unbranched alkanes of at least 4 members (excludes halogenated alkanes) is 1. The number of nitrogens with zero attached hydrogens (tertiary/aromatic N) is 1. The average Bonchev–Trinajstić information content (AvgIpc) is 2.46. The van der Waals surface area contributed by atoms with Gasteiger partial charge in [-0.2, -0.15) is 0 Å². The second-order valence-electron chi connectivity index (χ2n) is 4.13. The lowest BCUT2D eigenvalue weighted by Gasteiger charge is -2.26. The molecule has 0 aromatic carbocycles. The zero-order chi connectivity index (χ0) is 9.68. The Hall–Kier alpha value is -0.460. The van der Waals surface area contributed by atoms with Crippen LogP contribution in [0.2, 0.25) is 0 Å². The summed E-state index contributed by atoms with van der Waals surface area (Å²) in [4.78, 5) is 2.50. The fourth-order valence-corrected chi connectivity index (χ4v) is 2.05. The van der Waals surface area contributed by atoms with Gasteiger partial charge in [-0.25, -0.2) is 0 Å². The summed E-state index contributed by atoms with van der Waals surface area (Å²) >= 11 is 0. The largest absolute Gasteiger partial charge is 0.374 e. The van der Waals surface area contributed by atoms with Gasteiger partial charge in [0.05, 0.1) is 0 Å². The number of hydrogen-bond acceptors (Lipinski definition) is 1. The predicted molar refractivity (Wildman–Crippen MR) is 58.6 cm³/mol. The lowest BCUT2D eigenvalue weighted by molar-refractivity contribution is 0.262. The van der Waals surface area contributed by atoms with Gasteiger partial charge in [-0.1, -0.05) is 32.8 Å². The smallest absolute Gasteiger partial charge is 0.0319 e. The maximum atomic E-state index is 2.50. The quantitative estimate of drug-likeness (QED) is 0.628. The van der Waals surface area contributed by atoms with Crippen molar-refractivity contribution in [2.45, 2.75) is 52.5 Å². The standard InChI is InChI=1S/C12H23N/c1-4-6-9-13-10-8-12(7-5-2)11(13)3/h8,10-12H,4-7,9H2,1-3H3. The molecular weight excluding hydrogens is 158 g/mol. The molecule has 0 aliphatic carbocycles. The van der Waals surface area contributed by atoms with Crippen LogP contribution in [-0.2, 0) is 0 Å². The van der Waals surface area contributed by atoms with Crippen molar-refractivity contribution in [3.63, 3.8) is 0 Å². The van der Waals surface area contributed by atoms with Crippen molar-refractivity contribution in [3.05, 3.63) is 12.3 Å². The van der Waals surface area contributed by atoms with Crippen molar-refractivity contribution in [1.29, 1.82) is 0 Å². The van der Waals surface area contributed by atoms with Gasteiger partial charge in [0, 0.05) is 12.6 Å². The molecule has 0 saturated carbocycles. The van der Waals surface area contributed by atoms with E-state index in [2.05, 4.69) is 37.9 Å². The van der Waals surface area contributed by atoms with Gasteiger partial charge in [0.25, 0.3) is 0 Å². The summed E-state index contributed by atoms with van der Waals surface area (Å²) in [6, 6.07) is 0.742. The summed E-state index contributed by atoms with van der Waals surface area (Å²) in [6.07, 6.45) is 9.98. The fourth-order valence-electron chi connectivity index (χ4n) is 2.05. The molecule has 0 spiro atoms. The summed E-state index contributed by atoms with van der Waals surface area (Å²) in [5.74, 6) is 0.807. The van der Waals surface area contributed by atoms with Crippen LogP contribution in [-0.4, -0.2) is 17.5 Å².